The maximum atomic E-state index is 11.2. The summed E-state index contributed by atoms with van der Waals surface area (Å²) in [6.07, 6.45) is 3.48. The summed E-state index contributed by atoms with van der Waals surface area (Å²) < 4.78 is 1.43. The van der Waals surface area contributed by atoms with E-state index in [2.05, 4.69) is 16.2 Å². The minimum atomic E-state index is -0.781. The van der Waals surface area contributed by atoms with Crippen LogP contribution in [0.4, 0.5) is 0 Å². The fraction of sp³-hybridized carbons (Fsp3) is 0.667. The van der Waals surface area contributed by atoms with Crippen LogP contribution in [0.3, 0.4) is 0 Å². The second-order valence-corrected chi connectivity index (χ2v) is 6.14. The van der Waals surface area contributed by atoms with Crippen molar-refractivity contribution < 1.29 is 0 Å². The number of aromatic amines is 1. The van der Waals surface area contributed by atoms with E-state index >= 15 is 0 Å². The third-order valence-electron chi connectivity index (χ3n) is 3.72. The molecule has 2 unspecified atom stereocenters. The zero-order chi connectivity index (χ0) is 14.8. The summed E-state index contributed by atoms with van der Waals surface area (Å²) in [7, 11) is 1.63. The summed E-state index contributed by atoms with van der Waals surface area (Å²) in [4.78, 5) is 26.0. The molecule has 1 aromatic rings. The Bertz CT molecular complexity index is 646. The van der Waals surface area contributed by atoms with Gasteiger partial charge in [0.25, 0.3) is 0 Å². The lowest BCUT2D eigenvalue weighted by molar-refractivity contribution is 0.389. The largest absolute Gasteiger partial charge is 0.339 e. The molecule has 1 aliphatic rings. The number of nitriles is 1. The van der Waals surface area contributed by atoms with Gasteiger partial charge in [-0.3, -0.25) is 19.4 Å². The van der Waals surface area contributed by atoms with Crippen molar-refractivity contribution in [1.29, 1.82) is 5.26 Å². The molecule has 108 valence electrons. The molecule has 1 aliphatic carbocycles. The van der Waals surface area contributed by atoms with Crippen LogP contribution in [0.2, 0.25) is 0 Å². The van der Waals surface area contributed by atoms with Gasteiger partial charge in [0.2, 0.25) is 0 Å². The Morgan fingerprint density at radius 1 is 1.65 bits per heavy atom. The summed E-state index contributed by atoms with van der Waals surface area (Å²) in [6.45, 7) is 0. The predicted molar refractivity (Wildman–Crippen MR) is 75.3 cm³/mol. The first-order valence-electron chi connectivity index (χ1n) is 6.46. The molecule has 2 atom stereocenters. The zero-order valence-corrected chi connectivity index (χ0v) is 12.1. The molecule has 7 nitrogen and oxygen atoms in total. The van der Waals surface area contributed by atoms with Crippen molar-refractivity contribution in [2.24, 2.45) is 18.7 Å². The van der Waals surface area contributed by atoms with E-state index in [1.165, 1.54) is 16.4 Å². The smallest absolute Gasteiger partial charge is 0.313 e. The molecular formula is C12H17N5O2S. The topological polar surface area (TPSA) is 118 Å². The van der Waals surface area contributed by atoms with Crippen molar-refractivity contribution in [3.8, 4) is 6.07 Å². The van der Waals surface area contributed by atoms with E-state index in [-0.39, 0.29) is 5.92 Å². The molecular weight excluding hydrogens is 278 g/mol. The zero-order valence-electron chi connectivity index (χ0n) is 11.3. The Morgan fingerprint density at radius 3 is 3.10 bits per heavy atom. The number of rotatable bonds is 4. The van der Waals surface area contributed by atoms with Crippen LogP contribution in [0, 0.1) is 17.2 Å². The van der Waals surface area contributed by atoms with Gasteiger partial charge in [0, 0.05) is 12.8 Å². The number of thioether (sulfide) groups is 1. The van der Waals surface area contributed by atoms with Crippen molar-refractivity contribution in [2.45, 2.75) is 36.4 Å². The standard InChI is InChI=1S/C12H17N5O2S/c1-17-11(15-9(18)10(19)16-17)20-6-4-8-3-2-5-12(8,14)7-13/h8H,2-6,14H2,1H3,(H,16,19). The Balaban J connectivity index is 1.97. The Kier molecular flexibility index (Phi) is 4.30. The molecule has 1 aromatic heterocycles. The number of nitrogens with two attached hydrogens (primary N) is 1. The fourth-order valence-corrected chi connectivity index (χ4v) is 3.51. The molecule has 0 bridgehead atoms. The van der Waals surface area contributed by atoms with Gasteiger partial charge in [0.05, 0.1) is 6.07 Å². The second kappa shape index (κ2) is 5.81. The lowest BCUT2D eigenvalue weighted by Gasteiger charge is -2.23. The van der Waals surface area contributed by atoms with E-state index in [0.717, 1.165) is 25.7 Å². The minimum absolute atomic E-state index is 0.180. The van der Waals surface area contributed by atoms with Crippen LogP contribution >= 0.6 is 11.8 Å². The van der Waals surface area contributed by atoms with Crippen LogP contribution in [0.1, 0.15) is 25.7 Å². The van der Waals surface area contributed by atoms with Crippen LogP contribution < -0.4 is 16.9 Å². The highest BCUT2D eigenvalue weighted by Gasteiger charge is 2.39. The van der Waals surface area contributed by atoms with Gasteiger partial charge < -0.3 is 5.73 Å². The van der Waals surface area contributed by atoms with E-state index in [1.807, 2.05) is 0 Å². The summed E-state index contributed by atoms with van der Waals surface area (Å²) in [5.41, 5.74) is 3.84. The molecule has 1 heterocycles. The summed E-state index contributed by atoms with van der Waals surface area (Å²) >= 11 is 1.38. The normalized spacial score (nSPS) is 25.6. The lowest BCUT2D eigenvalue weighted by Crippen LogP contribution is -2.42. The maximum Gasteiger partial charge on any atom is 0.339 e. The Morgan fingerprint density at radius 2 is 2.40 bits per heavy atom. The van der Waals surface area contributed by atoms with Gasteiger partial charge in [-0.1, -0.05) is 18.2 Å². The molecule has 0 spiro atoms. The number of nitrogens with one attached hydrogen (secondary N) is 1. The lowest BCUT2D eigenvalue weighted by atomic mass is 9.88. The first-order valence-corrected chi connectivity index (χ1v) is 7.45. The van der Waals surface area contributed by atoms with E-state index in [9.17, 15) is 9.59 Å². The molecule has 0 radical (unpaired) electrons. The first kappa shape index (κ1) is 14.8. The van der Waals surface area contributed by atoms with Crippen LogP contribution in [-0.4, -0.2) is 26.1 Å². The minimum Gasteiger partial charge on any atom is -0.313 e. The van der Waals surface area contributed by atoms with Gasteiger partial charge in [-0.25, -0.2) is 0 Å². The molecule has 0 aliphatic heterocycles. The summed E-state index contributed by atoms with van der Waals surface area (Å²) in [5, 5.41) is 12.0. The number of hydrogen-bond acceptors (Lipinski definition) is 6. The number of aryl methyl sites for hydroxylation is 1. The third kappa shape index (κ3) is 2.94. The molecule has 8 heteroatoms. The first-order chi connectivity index (χ1) is 9.46. The quantitative estimate of drug-likeness (QED) is 0.595. The highest BCUT2D eigenvalue weighted by Crippen LogP contribution is 2.36. The van der Waals surface area contributed by atoms with Gasteiger partial charge in [-0.2, -0.15) is 10.2 Å². The van der Waals surface area contributed by atoms with Crippen molar-refractivity contribution in [1.82, 2.24) is 14.8 Å². The van der Waals surface area contributed by atoms with Gasteiger partial charge in [-0.05, 0) is 25.2 Å². The van der Waals surface area contributed by atoms with E-state index < -0.39 is 16.7 Å². The molecule has 0 amide bonds. The van der Waals surface area contributed by atoms with Crippen LogP contribution in [0.15, 0.2) is 14.7 Å². The van der Waals surface area contributed by atoms with E-state index in [1.54, 1.807) is 7.05 Å². The van der Waals surface area contributed by atoms with Crippen molar-refractivity contribution in [3.05, 3.63) is 20.7 Å². The second-order valence-electron chi connectivity index (χ2n) is 5.08. The molecule has 20 heavy (non-hydrogen) atoms. The van der Waals surface area contributed by atoms with Gasteiger partial charge in [0.15, 0.2) is 5.16 Å². The maximum absolute atomic E-state index is 11.2. The molecule has 1 saturated carbocycles. The third-order valence-corrected chi connectivity index (χ3v) is 4.79. The van der Waals surface area contributed by atoms with Gasteiger partial charge in [-0.15, -0.1) is 0 Å². The molecule has 0 aromatic carbocycles. The van der Waals surface area contributed by atoms with Crippen LogP contribution in [0.5, 0.6) is 0 Å². The van der Waals surface area contributed by atoms with Crippen LogP contribution in [-0.2, 0) is 7.05 Å². The Labute approximate surface area is 120 Å². The van der Waals surface area contributed by atoms with Crippen molar-refractivity contribution in [3.63, 3.8) is 0 Å². The number of aromatic nitrogens is 3. The van der Waals surface area contributed by atoms with E-state index in [4.69, 9.17) is 11.0 Å². The van der Waals surface area contributed by atoms with Crippen LogP contribution in [0.25, 0.3) is 0 Å². The highest BCUT2D eigenvalue weighted by atomic mass is 32.2. The SMILES string of the molecule is Cn1[nH]c(=O)c(=O)nc1SCCC1CCCC1(N)C#N. The average molecular weight is 295 g/mol. The van der Waals surface area contributed by atoms with Crippen molar-refractivity contribution in [2.75, 3.05) is 5.75 Å². The number of H-pyrrole nitrogens is 1. The molecule has 0 saturated heterocycles. The van der Waals surface area contributed by atoms with Crippen molar-refractivity contribution >= 4 is 11.8 Å². The number of hydrogen-bond donors (Lipinski definition) is 2. The highest BCUT2D eigenvalue weighted by molar-refractivity contribution is 7.99. The monoisotopic (exact) mass is 295 g/mol. The van der Waals surface area contributed by atoms with Gasteiger partial charge >= 0.3 is 11.1 Å². The molecule has 2 rings (SSSR count). The average Bonchev–Trinajstić information content (AvgIpc) is 2.78. The Hall–Kier alpha value is -1.59. The van der Waals surface area contributed by atoms with E-state index in [0.29, 0.717) is 10.9 Å². The predicted octanol–water partition coefficient (Wildman–Crippen LogP) is -0.0280. The number of nitrogens with zero attached hydrogens (tertiary/aromatic N) is 3. The molecule has 3 N–H and O–H groups in total. The fourth-order valence-electron chi connectivity index (χ4n) is 2.53. The summed E-state index contributed by atoms with van der Waals surface area (Å²) in [6, 6.07) is 2.22. The van der Waals surface area contributed by atoms with Gasteiger partial charge in [0.1, 0.15) is 5.54 Å². The summed E-state index contributed by atoms with van der Waals surface area (Å²) in [5.74, 6) is 0.886. The molecule has 1 fully saturated rings.